The minimum atomic E-state index is -0.208. The lowest BCUT2D eigenvalue weighted by Crippen LogP contribution is -2.25. The number of hydrogen-bond acceptors (Lipinski definition) is 2. The molecule has 0 heterocycles. The molecular weight excluding hydrogens is 325 g/mol. The molecule has 0 aliphatic rings. The summed E-state index contributed by atoms with van der Waals surface area (Å²) in [6, 6.07) is 14.8. The van der Waals surface area contributed by atoms with E-state index in [-0.39, 0.29) is 11.9 Å². The fourth-order valence-electron chi connectivity index (χ4n) is 1.74. The highest BCUT2D eigenvalue weighted by atomic mass is 79.9. The van der Waals surface area contributed by atoms with Crippen LogP contribution in [0.3, 0.4) is 0 Å². The summed E-state index contributed by atoms with van der Waals surface area (Å²) in [5, 5.41) is 0. The summed E-state index contributed by atoms with van der Waals surface area (Å²) >= 11 is 5.19. The van der Waals surface area contributed by atoms with Gasteiger partial charge >= 0.3 is 0 Å². The third kappa shape index (κ3) is 4.97. The van der Waals surface area contributed by atoms with Crippen LogP contribution in [0.15, 0.2) is 57.9 Å². The number of rotatable bonds is 5. The van der Waals surface area contributed by atoms with Gasteiger partial charge in [-0.25, -0.2) is 4.39 Å². The molecule has 0 aliphatic heterocycles. The van der Waals surface area contributed by atoms with Gasteiger partial charge in [-0.1, -0.05) is 34.1 Å². The van der Waals surface area contributed by atoms with Crippen molar-refractivity contribution in [3.63, 3.8) is 0 Å². The number of halogens is 2. The number of nitrogens with two attached hydrogens (primary N) is 1. The average Bonchev–Trinajstić information content (AvgIpc) is 2.39. The van der Waals surface area contributed by atoms with Gasteiger partial charge in [0.1, 0.15) is 5.82 Å². The fraction of sp³-hybridized carbons (Fsp3) is 0.200. The molecule has 0 bridgehead atoms. The minimum Gasteiger partial charge on any atom is -0.327 e. The van der Waals surface area contributed by atoms with Crippen LogP contribution in [0, 0.1) is 5.82 Å². The largest absolute Gasteiger partial charge is 0.327 e. The van der Waals surface area contributed by atoms with Crippen molar-refractivity contribution in [2.75, 3.05) is 5.75 Å². The van der Waals surface area contributed by atoms with E-state index in [4.69, 9.17) is 5.73 Å². The molecule has 4 heteroatoms. The van der Waals surface area contributed by atoms with Crippen molar-refractivity contribution in [3.8, 4) is 0 Å². The third-order valence-electron chi connectivity index (χ3n) is 2.67. The molecule has 1 nitrogen and oxygen atoms in total. The Morgan fingerprint density at radius 1 is 1.16 bits per heavy atom. The van der Waals surface area contributed by atoms with Crippen LogP contribution in [0.25, 0.3) is 0 Å². The van der Waals surface area contributed by atoms with Gasteiger partial charge in [-0.15, -0.1) is 11.8 Å². The van der Waals surface area contributed by atoms with E-state index in [1.165, 1.54) is 17.0 Å². The van der Waals surface area contributed by atoms with Crippen molar-refractivity contribution in [2.24, 2.45) is 5.73 Å². The molecule has 19 heavy (non-hydrogen) atoms. The Morgan fingerprint density at radius 3 is 2.58 bits per heavy atom. The molecule has 1 unspecified atom stereocenters. The zero-order chi connectivity index (χ0) is 13.7. The summed E-state index contributed by atoms with van der Waals surface area (Å²) in [4.78, 5) is 1.20. The van der Waals surface area contributed by atoms with Gasteiger partial charge in [-0.3, -0.25) is 0 Å². The van der Waals surface area contributed by atoms with E-state index < -0.39 is 0 Å². The SMILES string of the molecule is NC(CSc1cccc(Br)c1)Cc1ccc(F)cc1. The minimum absolute atomic E-state index is 0.0643. The zero-order valence-corrected chi connectivity index (χ0v) is 12.8. The number of thioether (sulfide) groups is 1. The van der Waals surface area contributed by atoms with Crippen LogP contribution in [0.5, 0.6) is 0 Å². The van der Waals surface area contributed by atoms with E-state index in [1.807, 2.05) is 12.1 Å². The van der Waals surface area contributed by atoms with Crippen molar-refractivity contribution in [3.05, 3.63) is 64.4 Å². The van der Waals surface area contributed by atoms with Gasteiger partial charge in [0.05, 0.1) is 0 Å². The molecule has 2 rings (SSSR count). The summed E-state index contributed by atoms with van der Waals surface area (Å²) in [7, 11) is 0. The number of hydrogen-bond donors (Lipinski definition) is 1. The quantitative estimate of drug-likeness (QED) is 0.824. The maximum absolute atomic E-state index is 12.8. The molecule has 0 aliphatic carbocycles. The van der Waals surface area contributed by atoms with Crippen molar-refractivity contribution >= 4 is 27.7 Å². The summed E-state index contributed by atoms with van der Waals surface area (Å²) in [5.41, 5.74) is 7.18. The lowest BCUT2D eigenvalue weighted by molar-refractivity contribution is 0.626. The van der Waals surface area contributed by atoms with Crippen LogP contribution in [0.4, 0.5) is 4.39 Å². The molecule has 1 atom stereocenters. The Morgan fingerprint density at radius 2 is 1.89 bits per heavy atom. The first-order valence-electron chi connectivity index (χ1n) is 6.02. The van der Waals surface area contributed by atoms with Gasteiger partial charge in [-0.05, 0) is 42.3 Å². The molecule has 0 saturated heterocycles. The predicted octanol–water partition coefficient (Wildman–Crippen LogP) is 4.25. The summed E-state index contributed by atoms with van der Waals surface area (Å²) in [6.45, 7) is 0. The predicted molar refractivity (Wildman–Crippen MR) is 82.9 cm³/mol. The van der Waals surface area contributed by atoms with E-state index in [0.29, 0.717) is 0 Å². The molecule has 0 amide bonds. The van der Waals surface area contributed by atoms with Crippen molar-refractivity contribution in [2.45, 2.75) is 17.4 Å². The second-order valence-electron chi connectivity index (χ2n) is 4.36. The van der Waals surface area contributed by atoms with Crippen LogP contribution < -0.4 is 5.73 Å². The highest BCUT2D eigenvalue weighted by molar-refractivity contribution is 9.10. The lowest BCUT2D eigenvalue weighted by Gasteiger charge is -2.11. The Bertz CT molecular complexity index is 530. The molecular formula is C15H15BrFNS. The maximum Gasteiger partial charge on any atom is 0.123 e. The molecule has 0 aromatic heterocycles. The molecule has 2 aromatic carbocycles. The molecule has 100 valence electrons. The van der Waals surface area contributed by atoms with Gasteiger partial charge in [0, 0.05) is 21.2 Å². The molecule has 0 saturated carbocycles. The first kappa shape index (κ1) is 14.6. The topological polar surface area (TPSA) is 26.0 Å². The Hall–Kier alpha value is -0.840. The normalized spacial score (nSPS) is 12.4. The van der Waals surface area contributed by atoms with E-state index >= 15 is 0 Å². The maximum atomic E-state index is 12.8. The highest BCUT2D eigenvalue weighted by Crippen LogP contribution is 2.22. The average molecular weight is 340 g/mol. The standard InChI is InChI=1S/C15H15BrFNS/c16-12-2-1-3-15(9-12)19-10-14(18)8-11-4-6-13(17)7-5-11/h1-7,9,14H,8,10,18H2. The van der Waals surface area contributed by atoms with E-state index in [0.717, 1.165) is 22.2 Å². The number of benzene rings is 2. The van der Waals surface area contributed by atoms with Gasteiger partial charge in [0.25, 0.3) is 0 Å². The van der Waals surface area contributed by atoms with Crippen LogP contribution in [0.1, 0.15) is 5.56 Å². The zero-order valence-electron chi connectivity index (χ0n) is 10.4. The highest BCUT2D eigenvalue weighted by Gasteiger charge is 2.05. The second-order valence-corrected chi connectivity index (χ2v) is 6.37. The first-order valence-corrected chi connectivity index (χ1v) is 7.80. The molecule has 0 radical (unpaired) electrons. The van der Waals surface area contributed by atoms with E-state index in [2.05, 4.69) is 28.1 Å². The van der Waals surface area contributed by atoms with Crippen LogP contribution in [-0.2, 0) is 6.42 Å². The van der Waals surface area contributed by atoms with Crippen LogP contribution in [0.2, 0.25) is 0 Å². The van der Waals surface area contributed by atoms with E-state index in [9.17, 15) is 4.39 Å². The van der Waals surface area contributed by atoms with Crippen molar-refractivity contribution < 1.29 is 4.39 Å². The molecule has 0 spiro atoms. The summed E-state index contributed by atoms with van der Waals surface area (Å²) < 4.78 is 13.9. The molecule has 0 fully saturated rings. The van der Waals surface area contributed by atoms with Gasteiger partial charge < -0.3 is 5.73 Å². The Kier molecular flexibility index (Phi) is 5.43. The van der Waals surface area contributed by atoms with Crippen LogP contribution in [-0.4, -0.2) is 11.8 Å². The molecule has 2 N–H and O–H groups in total. The van der Waals surface area contributed by atoms with Gasteiger partial charge in [0.15, 0.2) is 0 Å². The second kappa shape index (κ2) is 7.08. The summed E-state index contributed by atoms with van der Waals surface area (Å²) in [6.07, 6.45) is 0.765. The Balaban J connectivity index is 1.84. The molecule has 2 aromatic rings. The third-order valence-corrected chi connectivity index (χ3v) is 4.35. The summed E-state index contributed by atoms with van der Waals surface area (Å²) in [5.74, 6) is 0.634. The van der Waals surface area contributed by atoms with E-state index in [1.54, 1.807) is 23.9 Å². The van der Waals surface area contributed by atoms with Crippen LogP contribution >= 0.6 is 27.7 Å². The van der Waals surface area contributed by atoms with Gasteiger partial charge in [0.2, 0.25) is 0 Å². The monoisotopic (exact) mass is 339 g/mol. The van der Waals surface area contributed by atoms with Gasteiger partial charge in [-0.2, -0.15) is 0 Å². The fourth-order valence-corrected chi connectivity index (χ4v) is 3.20. The smallest absolute Gasteiger partial charge is 0.123 e. The van der Waals surface area contributed by atoms with Crippen molar-refractivity contribution in [1.82, 2.24) is 0 Å². The van der Waals surface area contributed by atoms with Crippen molar-refractivity contribution in [1.29, 1.82) is 0 Å². The Labute approximate surface area is 125 Å². The lowest BCUT2D eigenvalue weighted by atomic mass is 10.1. The first-order chi connectivity index (χ1) is 9.13.